The van der Waals surface area contributed by atoms with Crippen LogP contribution < -0.4 is 5.32 Å². The van der Waals surface area contributed by atoms with Crippen molar-refractivity contribution in [1.29, 1.82) is 0 Å². The Hall–Kier alpha value is -0.0800. The van der Waals surface area contributed by atoms with Crippen molar-refractivity contribution >= 4 is 18.2 Å². The summed E-state index contributed by atoms with van der Waals surface area (Å²) in [6.45, 7) is 3.87. The summed E-state index contributed by atoms with van der Waals surface area (Å²) in [4.78, 5) is 10.8. The number of ketones is 1. The highest BCUT2D eigenvalue weighted by molar-refractivity contribution is 5.85. The lowest BCUT2D eigenvalue weighted by atomic mass is 10.2. The Balaban J connectivity index is 0.000000500. The number of halogens is 1. The van der Waals surface area contributed by atoms with E-state index >= 15 is 0 Å². The summed E-state index contributed by atoms with van der Waals surface area (Å²) in [5, 5.41) is 3.25. The SMILES string of the molecule is CC(=O)C1[C@H]2CNC[C@@H]12.Cl. The normalized spacial score (nSPS) is 41.9. The molecule has 2 aliphatic rings. The fraction of sp³-hybridized carbons (Fsp3) is 0.857. The van der Waals surface area contributed by atoms with Crippen LogP contribution in [-0.4, -0.2) is 18.9 Å². The van der Waals surface area contributed by atoms with Crippen LogP contribution >= 0.6 is 12.4 Å². The molecule has 2 fully saturated rings. The van der Waals surface area contributed by atoms with Gasteiger partial charge in [0.2, 0.25) is 0 Å². The highest BCUT2D eigenvalue weighted by Crippen LogP contribution is 2.48. The molecular formula is C7H12ClNO. The Morgan fingerprint density at radius 1 is 1.40 bits per heavy atom. The van der Waals surface area contributed by atoms with Gasteiger partial charge in [-0.25, -0.2) is 0 Å². The molecule has 1 heterocycles. The molecule has 1 aliphatic carbocycles. The topological polar surface area (TPSA) is 29.1 Å². The Morgan fingerprint density at radius 2 is 1.90 bits per heavy atom. The van der Waals surface area contributed by atoms with Crippen LogP contribution in [0.15, 0.2) is 0 Å². The number of piperidine rings is 1. The average molecular weight is 162 g/mol. The molecule has 3 heteroatoms. The van der Waals surface area contributed by atoms with Gasteiger partial charge in [0.1, 0.15) is 5.78 Å². The lowest BCUT2D eigenvalue weighted by molar-refractivity contribution is -0.118. The molecule has 0 radical (unpaired) electrons. The van der Waals surface area contributed by atoms with Crippen LogP contribution in [0.2, 0.25) is 0 Å². The van der Waals surface area contributed by atoms with E-state index < -0.39 is 0 Å². The number of carbonyl (C=O) groups excluding carboxylic acids is 1. The molecule has 10 heavy (non-hydrogen) atoms. The van der Waals surface area contributed by atoms with Crippen LogP contribution in [-0.2, 0) is 4.79 Å². The van der Waals surface area contributed by atoms with Crippen LogP contribution in [0, 0.1) is 17.8 Å². The van der Waals surface area contributed by atoms with Crippen molar-refractivity contribution < 1.29 is 4.79 Å². The molecule has 2 rings (SSSR count). The smallest absolute Gasteiger partial charge is 0.133 e. The first-order valence-corrected chi connectivity index (χ1v) is 3.52. The van der Waals surface area contributed by atoms with Crippen molar-refractivity contribution in [1.82, 2.24) is 5.32 Å². The van der Waals surface area contributed by atoms with Crippen molar-refractivity contribution in [2.24, 2.45) is 17.8 Å². The van der Waals surface area contributed by atoms with E-state index in [2.05, 4.69) is 5.32 Å². The van der Waals surface area contributed by atoms with Crippen LogP contribution in [0.3, 0.4) is 0 Å². The van der Waals surface area contributed by atoms with Crippen molar-refractivity contribution in [3.63, 3.8) is 0 Å². The van der Waals surface area contributed by atoms with Gasteiger partial charge in [0.15, 0.2) is 0 Å². The minimum absolute atomic E-state index is 0. The molecule has 0 aromatic rings. The lowest BCUT2D eigenvalue weighted by Crippen LogP contribution is -2.17. The molecule has 1 N–H and O–H groups in total. The van der Waals surface area contributed by atoms with Gasteiger partial charge in [-0.2, -0.15) is 0 Å². The van der Waals surface area contributed by atoms with E-state index in [0.29, 0.717) is 23.5 Å². The van der Waals surface area contributed by atoms with Gasteiger partial charge >= 0.3 is 0 Å². The molecule has 0 bridgehead atoms. The molecule has 0 amide bonds. The Morgan fingerprint density at radius 3 is 2.20 bits per heavy atom. The Labute approximate surface area is 66.8 Å². The van der Waals surface area contributed by atoms with Crippen LogP contribution in [0.4, 0.5) is 0 Å². The minimum Gasteiger partial charge on any atom is -0.316 e. The molecule has 2 nitrogen and oxygen atoms in total. The molecule has 0 spiro atoms. The number of hydrogen-bond donors (Lipinski definition) is 1. The summed E-state index contributed by atoms with van der Waals surface area (Å²) < 4.78 is 0. The molecular weight excluding hydrogens is 150 g/mol. The highest BCUT2D eigenvalue weighted by atomic mass is 35.5. The Kier molecular flexibility index (Phi) is 2.02. The molecule has 1 aliphatic heterocycles. The summed E-state index contributed by atoms with van der Waals surface area (Å²) in [5.41, 5.74) is 0. The van der Waals surface area contributed by atoms with E-state index in [1.165, 1.54) is 0 Å². The highest BCUT2D eigenvalue weighted by Gasteiger charge is 2.55. The number of rotatable bonds is 1. The van der Waals surface area contributed by atoms with Gasteiger partial charge < -0.3 is 5.32 Å². The molecule has 0 aromatic carbocycles. The predicted molar refractivity (Wildman–Crippen MR) is 41.3 cm³/mol. The monoisotopic (exact) mass is 161 g/mol. The zero-order valence-corrected chi connectivity index (χ0v) is 6.78. The predicted octanol–water partition coefficient (Wildman–Crippen LogP) is 0.463. The standard InChI is InChI=1S/C7H11NO.ClH/c1-4(9)7-5-2-8-3-6(5)7;/h5-8H,2-3H2,1H3;1H/t5-,6+,7?;. The molecule has 3 atom stereocenters. The number of nitrogens with one attached hydrogen (secondary N) is 1. The van der Waals surface area contributed by atoms with Gasteiger partial charge in [-0.3, -0.25) is 4.79 Å². The molecule has 58 valence electrons. The third kappa shape index (κ3) is 0.956. The van der Waals surface area contributed by atoms with Crippen LogP contribution in [0.1, 0.15) is 6.92 Å². The second-order valence-corrected chi connectivity index (χ2v) is 3.12. The van der Waals surface area contributed by atoms with E-state index in [4.69, 9.17) is 0 Å². The average Bonchev–Trinajstić information content (AvgIpc) is 2.30. The summed E-state index contributed by atoms with van der Waals surface area (Å²) in [6, 6.07) is 0. The first-order valence-electron chi connectivity index (χ1n) is 3.52. The van der Waals surface area contributed by atoms with Crippen LogP contribution in [0.5, 0.6) is 0 Å². The maximum absolute atomic E-state index is 10.8. The summed E-state index contributed by atoms with van der Waals surface area (Å²) >= 11 is 0. The summed E-state index contributed by atoms with van der Waals surface area (Å²) in [5.74, 6) is 2.25. The quantitative estimate of drug-likeness (QED) is 0.606. The van der Waals surface area contributed by atoms with Crippen molar-refractivity contribution in [3.05, 3.63) is 0 Å². The Bertz CT molecular complexity index is 150. The zero-order chi connectivity index (χ0) is 6.43. The second kappa shape index (κ2) is 2.51. The maximum atomic E-state index is 10.8. The van der Waals surface area contributed by atoms with E-state index in [-0.39, 0.29) is 12.4 Å². The molecule has 1 saturated heterocycles. The number of hydrogen-bond acceptors (Lipinski definition) is 2. The van der Waals surface area contributed by atoms with Gasteiger partial charge in [0.05, 0.1) is 0 Å². The fourth-order valence-electron chi connectivity index (χ4n) is 2.02. The van der Waals surface area contributed by atoms with Gasteiger partial charge in [-0.15, -0.1) is 12.4 Å². The first-order chi connectivity index (χ1) is 4.30. The molecule has 0 aromatic heterocycles. The number of carbonyl (C=O) groups is 1. The lowest BCUT2D eigenvalue weighted by Gasteiger charge is -1.97. The van der Waals surface area contributed by atoms with E-state index in [1.54, 1.807) is 6.92 Å². The zero-order valence-electron chi connectivity index (χ0n) is 5.96. The third-order valence-electron chi connectivity index (χ3n) is 2.56. The largest absolute Gasteiger partial charge is 0.316 e. The van der Waals surface area contributed by atoms with Gasteiger partial charge in [0, 0.05) is 5.92 Å². The van der Waals surface area contributed by atoms with Crippen molar-refractivity contribution in [2.45, 2.75) is 6.92 Å². The fourth-order valence-corrected chi connectivity index (χ4v) is 2.02. The molecule has 1 saturated carbocycles. The molecule has 1 unspecified atom stereocenters. The maximum Gasteiger partial charge on any atom is 0.133 e. The van der Waals surface area contributed by atoms with E-state index in [1.807, 2.05) is 0 Å². The summed E-state index contributed by atoms with van der Waals surface area (Å²) in [7, 11) is 0. The summed E-state index contributed by atoms with van der Waals surface area (Å²) in [6.07, 6.45) is 0. The van der Waals surface area contributed by atoms with E-state index in [0.717, 1.165) is 13.1 Å². The van der Waals surface area contributed by atoms with Crippen molar-refractivity contribution in [2.75, 3.05) is 13.1 Å². The third-order valence-corrected chi connectivity index (χ3v) is 2.56. The van der Waals surface area contributed by atoms with Gasteiger partial charge in [-0.1, -0.05) is 0 Å². The van der Waals surface area contributed by atoms with Gasteiger partial charge in [0.25, 0.3) is 0 Å². The van der Waals surface area contributed by atoms with Crippen LogP contribution in [0.25, 0.3) is 0 Å². The van der Waals surface area contributed by atoms with Crippen molar-refractivity contribution in [3.8, 4) is 0 Å². The van der Waals surface area contributed by atoms with Gasteiger partial charge in [-0.05, 0) is 31.8 Å². The first kappa shape index (κ1) is 8.02. The van der Waals surface area contributed by atoms with E-state index in [9.17, 15) is 4.79 Å². The number of fused-ring (bicyclic) bond motifs is 1. The minimum atomic E-state index is 0. The second-order valence-electron chi connectivity index (χ2n) is 3.12. The number of Topliss-reactive ketones (excluding diaryl/α,β-unsaturated/α-hetero) is 1.